The number of halogens is 1. The minimum atomic E-state index is -0.840. The maximum Gasteiger partial charge on any atom is 0.198 e. The van der Waals surface area contributed by atoms with Gasteiger partial charge < -0.3 is 14.3 Å². The fourth-order valence-electron chi connectivity index (χ4n) is 2.17. The van der Waals surface area contributed by atoms with Crippen molar-refractivity contribution in [3.63, 3.8) is 0 Å². The second-order valence-corrected chi connectivity index (χ2v) is 4.69. The smallest absolute Gasteiger partial charge is 0.198 e. The van der Waals surface area contributed by atoms with Crippen molar-refractivity contribution in [2.45, 2.75) is 12.5 Å². The molecule has 0 radical (unpaired) electrons. The molecule has 3 rings (SSSR count). The van der Waals surface area contributed by atoms with Crippen LogP contribution in [0.5, 0.6) is 5.75 Å². The summed E-state index contributed by atoms with van der Waals surface area (Å²) in [6.07, 6.45) is -0.628. The van der Waals surface area contributed by atoms with Gasteiger partial charge in [-0.1, -0.05) is 18.2 Å². The van der Waals surface area contributed by atoms with Crippen molar-refractivity contribution in [3.05, 3.63) is 59.7 Å². The van der Waals surface area contributed by atoms with E-state index in [0.29, 0.717) is 17.0 Å². The minimum Gasteiger partial charge on any atom is -0.494 e. The predicted molar refractivity (Wildman–Crippen MR) is 75.6 cm³/mol. The summed E-state index contributed by atoms with van der Waals surface area (Å²) in [6.45, 7) is 0. The van der Waals surface area contributed by atoms with Crippen LogP contribution in [-0.4, -0.2) is 17.2 Å². The zero-order valence-corrected chi connectivity index (χ0v) is 11.4. The van der Waals surface area contributed by atoms with E-state index < -0.39 is 11.9 Å². The van der Waals surface area contributed by atoms with Crippen LogP contribution in [0.15, 0.2) is 46.9 Å². The first kappa shape index (κ1) is 13.6. The lowest BCUT2D eigenvalue weighted by molar-refractivity contribution is 0.169. The molecule has 0 saturated heterocycles. The molecule has 0 bridgehead atoms. The Morgan fingerprint density at radius 3 is 2.86 bits per heavy atom. The van der Waals surface area contributed by atoms with Crippen LogP contribution in [0.25, 0.3) is 11.1 Å². The highest BCUT2D eigenvalue weighted by atomic mass is 19.1. The van der Waals surface area contributed by atoms with Crippen molar-refractivity contribution in [1.82, 2.24) is 4.98 Å². The number of hydrogen-bond acceptors (Lipinski definition) is 4. The normalized spacial score (nSPS) is 12.5. The van der Waals surface area contributed by atoms with Crippen molar-refractivity contribution in [2.24, 2.45) is 0 Å². The van der Waals surface area contributed by atoms with E-state index in [4.69, 9.17) is 9.15 Å². The highest BCUT2D eigenvalue weighted by Crippen LogP contribution is 2.25. The van der Waals surface area contributed by atoms with Gasteiger partial charge in [0.05, 0.1) is 19.6 Å². The Kier molecular flexibility index (Phi) is 3.58. The Balaban J connectivity index is 1.83. The number of nitrogens with zero attached hydrogens (tertiary/aromatic N) is 1. The molecule has 1 N–H and O–H groups in total. The number of fused-ring (bicyclic) bond motifs is 1. The molecule has 1 unspecified atom stereocenters. The van der Waals surface area contributed by atoms with Gasteiger partial charge in [-0.3, -0.25) is 0 Å². The summed E-state index contributed by atoms with van der Waals surface area (Å²) in [5.74, 6) is 0.0754. The Bertz CT molecular complexity index is 736. The summed E-state index contributed by atoms with van der Waals surface area (Å²) < 4.78 is 23.8. The summed E-state index contributed by atoms with van der Waals surface area (Å²) in [5.41, 5.74) is 1.98. The lowest BCUT2D eigenvalue weighted by Gasteiger charge is -2.10. The Morgan fingerprint density at radius 1 is 1.29 bits per heavy atom. The number of ether oxygens (including phenoxy) is 1. The molecule has 2 aromatic carbocycles. The number of aromatic nitrogens is 1. The lowest BCUT2D eigenvalue weighted by Crippen LogP contribution is -2.03. The molecule has 3 aromatic rings. The average Bonchev–Trinajstić information content (AvgIpc) is 2.89. The third-order valence-corrected chi connectivity index (χ3v) is 3.27. The first-order valence-corrected chi connectivity index (χ1v) is 6.53. The Labute approximate surface area is 120 Å². The molecule has 21 heavy (non-hydrogen) atoms. The SMILES string of the molecule is COc1cc(C(O)Cc2nc3ccccc3o2)ccc1F. The number of para-hydroxylation sites is 2. The topological polar surface area (TPSA) is 55.5 Å². The van der Waals surface area contributed by atoms with E-state index in [1.165, 1.54) is 25.3 Å². The molecule has 0 aliphatic heterocycles. The van der Waals surface area contributed by atoms with Gasteiger partial charge in [-0.05, 0) is 29.8 Å². The van der Waals surface area contributed by atoms with Crippen LogP contribution in [0, 0.1) is 5.82 Å². The molecule has 0 aliphatic rings. The van der Waals surface area contributed by atoms with Crippen LogP contribution in [0.3, 0.4) is 0 Å². The van der Waals surface area contributed by atoms with Gasteiger partial charge in [0.2, 0.25) is 0 Å². The number of hydrogen-bond donors (Lipinski definition) is 1. The summed E-state index contributed by atoms with van der Waals surface area (Å²) in [7, 11) is 1.38. The van der Waals surface area contributed by atoms with Gasteiger partial charge in [0.1, 0.15) is 5.52 Å². The molecule has 5 heteroatoms. The average molecular weight is 287 g/mol. The van der Waals surface area contributed by atoms with E-state index in [9.17, 15) is 9.50 Å². The fourth-order valence-corrected chi connectivity index (χ4v) is 2.17. The molecular weight excluding hydrogens is 273 g/mol. The van der Waals surface area contributed by atoms with Crippen LogP contribution in [0.4, 0.5) is 4.39 Å². The number of methoxy groups -OCH3 is 1. The van der Waals surface area contributed by atoms with Gasteiger partial charge in [-0.2, -0.15) is 0 Å². The molecule has 1 atom stereocenters. The molecule has 1 aromatic heterocycles. The van der Waals surface area contributed by atoms with Crippen molar-refractivity contribution in [3.8, 4) is 5.75 Å². The van der Waals surface area contributed by atoms with E-state index in [1.54, 1.807) is 0 Å². The number of aliphatic hydroxyl groups excluding tert-OH is 1. The molecule has 1 heterocycles. The quantitative estimate of drug-likeness (QED) is 0.800. The van der Waals surface area contributed by atoms with Crippen LogP contribution in [0.1, 0.15) is 17.6 Å². The van der Waals surface area contributed by atoms with Crippen LogP contribution in [-0.2, 0) is 6.42 Å². The third-order valence-electron chi connectivity index (χ3n) is 3.27. The molecule has 108 valence electrons. The van der Waals surface area contributed by atoms with Gasteiger partial charge in [0.15, 0.2) is 23.0 Å². The molecule has 4 nitrogen and oxygen atoms in total. The maximum absolute atomic E-state index is 13.4. The van der Waals surface area contributed by atoms with Crippen molar-refractivity contribution in [1.29, 1.82) is 0 Å². The van der Waals surface area contributed by atoms with Crippen molar-refractivity contribution < 1.29 is 18.7 Å². The van der Waals surface area contributed by atoms with Crippen LogP contribution in [0.2, 0.25) is 0 Å². The number of aliphatic hydroxyl groups is 1. The van der Waals surface area contributed by atoms with E-state index in [-0.39, 0.29) is 12.2 Å². The highest BCUT2D eigenvalue weighted by Gasteiger charge is 2.15. The Morgan fingerprint density at radius 2 is 2.10 bits per heavy atom. The molecular formula is C16H14FNO3. The zero-order chi connectivity index (χ0) is 14.8. The van der Waals surface area contributed by atoms with E-state index >= 15 is 0 Å². The van der Waals surface area contributed by atoms with Gasteiger partial charge in [-0.15, -0.1) is 0 Å². The lowest BCUT2D eigenvalue weighted by atomic mass is 10.1. The van der Waals surface area contributed by atoms with Gasteiger partial charge in [-0.25, -0.2) is 9.37 Å². The van der Waals surface area contributed by atoms with Crippen molar-refractivity contribution in [2.75, 3.05) is 7.11 Å². The molecule has 0 amide bonds. The first-order chi connectivity index (χ1) is 10.2. The monoisotopic (exact) mass is 287 g/mol. The van der Waals surface area contributed by atoms with Crippen molar-refractivity contribution >= 4 is 11.1 Å². The third kappa shape index (κ3) is 2.73. The summed E-state index contributed by atoms with van der Waals surface area (Å²) in [5, 5.41) is 10.2. The van der Waals surface area contributed by atoms with Gasteiger partial charge in [0.25, 0.3) is 0 Å². The van der Waals surface area contributed by atoms with E-state index in [2.05, 4.69) is 4.98 Å². The summed E-state index contributed by atoms with van der Waals surface area (Å²) in [4.78, 5) is 4.31. The minimum absolute atomic E-state index is 0.101. The van der Waals surface area contributed by atoms with Crippen LogP contribution < -0.4 is 4.74 Å². The fraction of sp³-hybridized carbons (Fsp3) is 0.188. The highest BCUT2D eigenvalue weighted by molar-refractivity contribution is 5.72. The second kappa shape index (κ2) is 5.54. The number of benzene rings is 2. The maximum atomic E-state index is 13.4. The van der Waals surface area contributed by atoms with Crippen LogP contribution >= 0.6 is 0 Å². The predicted octanol–water partition coefficient (Wildman–Crippen LogP) is 3.25. The summed E-state index contributed by atoms with van der Waals surface area (Å²) in [6, 6.07) is 11.7. The Hall–Kier alpha value is -2.40. The number of rotatable bonds is 4. The summed E-state index contributed by atoms with van der Waals surface area (Å²) >= 11 is 0. The van der Waals surface area contributed by atoms with E-state index in [0.717, 1.165) is 5.52 Å². The zero-order valence-electron chi connectivity index (χ0n) is 11.4. The number of oxazole rings is 1. The van der Waals surface area contributed by atoms with Gasteiger partial charge in [0, 0.05) is 0 Å². The second-order valence-electron chi connectivity index (χ2n) is 4.69. The van der Waals surface area contributed by atoms with E-state index in [1.807, 2.05) is 24.3 Å². The molecule has 0 fully saturated rings. The standard InChI is InChI=1S/C16H14FNO3/c1-20-15-8-10(6-7-11(15)17)13(19)9-16-18-12-4-2-3-5-14(12)21-16/h2-8,13,19H,9H2,1H3. The first-order valence-electron chi connectivity index (χ1n) is 6.53. The molecule has 0 aliphatic carbocycles. The molecule has 0 saturated carbocycles. The van der Waals surface area contributed by atoms with Gasteiger partial charge >= 0.3 is 0 Å². The molecule has 0 spiro atoms. The largest absolute Gasteiger partial charge is 0.494 e.